The van der Waals surface area contributed by atoms with E-state index in [0.29, 0.717) is 11.1 Å². The summed E-state index contributed by atoms with van der Waals surface area (Å²) in [5.74, 6) is -0.379. The van der Waals surface area contributed by atoms with Crippen LogP contribution in [0.1, 0.15) is 5.56 Å². The van der Waals surface area contributed by atoms with Crippen LogP contribution in [0.4, 0.5) is 0 Å². The number of fused-ring (bicyclic) bond motifs is 1. The SMILES string of the molecule is Cc1cc(O)cc2[nH]c(=O)oc12. The van der Waals surface area contributed by atoms with Crippen LogP contribution in [0, 0.1) is 6.92 Å². The molecule has 0 saturated heterocycles. The summed E-state index contributed by atoms with van der Waals surface area (Å²) in [6.07, 6.45) is 0. The van der Waals surface area contributed by atoms with Crippen LogP contribution in [0.5, 0.6) is 5.75 Å². The standard InChI is InChI=1S/C8H7NO3/c1-4-2-5(10)3-6-7(4)12-8(11)9-6/h2-3,10H,1H3,(H,9,11). The third-order valence-electron chi connectivity index (χ3n) is 1.69. The van der Waals surface area contributed by atoms with E-state index in [9.17, 15) is 4.79 Å². The molecule has 4 heteroatoms. The zero-order chi connectivity index (χ0) is 8.72. The van der Waals surface area contributed by atoms with Gasteiger partial charge in [0.2, 0.25) is 0 Å². The number of nitrogens with one attached hydrogen (secondary N) is 1. The number of rotatable bonds is 0. The second kappa shape index (κ2) is 2.14. The van der Waals surface area contributed by atoms with Crippen LogP contribution < -0.4 is 5.76 Å². The van der Waals surface area contributed by atoms with Gasteiger partial charge in [-0.25, -0.2) is 4.79 Å². The highest BCUT2D eigenvalue weighted by Crippen LogP contribution is 2.21. The summed E-state index contributed by atoms with van der Waals surface area (Å²) in [4.78, 5) is 13.2. The summed E-state index contributed by atoms with van der Waals surface area (Å²) < 4.78 is 4.83. The zero-order valence-electron chi connectivity index (χ0n) is 6.42. The first-order valence-electron chi connectivity index (χ1n) is 3.49. The van der Waals surface area contributed by atoms with E-state index in [0.717, 1.165) is 5.56 Å². The van der Waals surface area contributed by atoms with E-state index in [4.69, 9.17) is 9.52 Å². The summed E-state index contributed by atoms with van der Waals surface area (Å²) in [6.45, 7) is 1.76. The van der Waals surface area contributed by atoms with Crippen molar-refractivity contribution in [2.75, 3.05) is 0 Å². The Morgan fingerprint density at radius 2 is 2.25 bits per heavy atom. The molecule has 0 aliphatic heterocycles. The molecule has 0 saturated carbocycles. The lowest BCUT2D eigenvalue weighted by Gasteiger charge is -1.94. The van der Waals surface area contributed by atoms with Gasteiger partial charge in [0.15, 0.2) is 5.58 Å². The molecule has 1 aromatic carbocycles. The average Bonchev–Trinajstić information content (AvgIpc) is 2.29. The number of H-pyrrole nitrogens is 1. The van der Waals surface area contributed by atoms with Crippen LogP contribution >= 0.6 is 0 Å². The minimum absolute atomic E-state index is 0.122. The van der Waals surface area contributed by atoms with Crippen molar-refractivity contribution in [3.63, 3.8) is 0 Å². The van der Waals surface area contributed by atoms with Crippen molar-refractivity contribution in [2.45, 2.75) is 6.92 Å². The maximum absolute atomic E-state index is 10.7. The molecule has 12 heavy (non-hydrogen) atoms. The summed E-state index contributed by atoms with van der Waals surface area (Å²) in [5.41, 5.74) is 1.76. The van der Waals surface area contributed by atoms with Crippen molar-refractivity contribution in [3.05, 3.63) is 28.2 Å². The Morgan fingerprint density at radius 1 is 1.50 bits per heavy atom. The number of aromatic nitrogens is 1. The molecule has 2 rings (SSSR count). The first-order valence-corrected chi connectivity index (χ1v) is 3.49. The van der Waals surface area contributed by atoms with Gasteiger partial charge in [0.25, 0.3) is 0 Å². The molecule has 0 aliphatic carbocycles. The molecule has 0 aliphatic rings. The first-order chi connectivity index (χ1) is 5.66. The lowest BCUT2D eigenvalue weighted by Crippen LogP contribution is -1.92. The summed E-state index contributed by atoms with van der Waals surface area (Å²) in [5, 5.41) is 9.16. The number of hydrogen-bond acceptors (Lipinski definition) is 3. The molecule has 62 valence electrons. The monoisotopic (exact) mass is 165 g/mol. The number of phenolic OH excluding ortho intramolecular Hbond substituents is 1. The predicted octanol–water partition coefficient (Wildman–Crippen LogP) is 1.14. The van der Waals surface area contributed by atoms with E-state index in [1.807, 2.05) is 0 Å². The van der Waals surface area contributed by atoms with Gasteiger partial charge in [-0.05, 0) is 18.6 Å². The summed E-state index contributed by atoms with van der Waals surface area (Å²) >= 11 is 0. The molecule has 0 radical (unpaired) electrons. The molecule has 0 spiro atoms. The Morgan fingerprint density at radius 3 is 3.00 bits per heavy atom. The molecule has 0 bridgehead atoms. The number of hydrogen-bond donors (Lipinski definition) is 2. The lowest BCUT2D eigenvalue weighted by atomic mass is 10.2. The first kappa shape index (κ1) is 6.97. The van der Waals surface area contributed by atoms with Crippen LogP contribution in [0.25, 0.3) is 11.1 Å². The van der Waals surface area contributed by atoms with E-state index in [-0.39, 0.29) is 5.75 Å². The summed E-state index contributed by atoms with van der Waals surface area (Å²) in [6, 6.07) is 2.99. The quantitative estimate of drug-likeness (QED) is 0.615. The Labute approximate surface area is 67.4 Å². The minimum Gasteiger partial charge on any atom is -0.508 e. The second-order valence-electron chi connectivity index (χ2n) is 2.65. The smallest absolute Gasteiger partial charge is 0.417 e. The van der Waals surface area contributed by atoms with E-state index >= 15 is 0 Å². The van der Waals surface area contributed by atoms with E-state index in [2.05, 4.69) is 4.98 Å². The van der Waals surface area contributed by atoms with Crippen LogP contribution in [0.2, 0.25) is 0 Å². The highest BCUT2D eigenvalue weighted by molar-refractivity contribution is 5.77. The highest BCUT2D eigenvalue weighted by Gasteiger charge is 2.04. The molecule has 0 unspecified atom stereocenters. The fourth-order valence-corrected chi connectivity index (χ4v) is 1.21. The predicted molar refractivity (Wildman–Crippen MR) is 43.2 cm³/mol. The molecule has 2 N–H and O–H groups in total. The molecular formula is C8H7NO3. The fraction of sp³-hybridized carbons (Fsp3) is 0.125. The van der Waals surface area contributed by atoms with Crippen molar-refractivity contribution >= 4 is 11.1 Å². The van der Waals surface area contributed by atoms with Crippen molar-refractivity contribution in [1.82, 2.24) is 4.98 Å². The van der Waals surface area contributed by atoms with Gasteiger partial charge in [-0.1, -0.05) is 0 Å². The number of oxazole rings is 1. The second-order valence-corrected chi connectivity index (χ2v) is 2.65. The Hall–Kier alpha value is -1.71. The maximum Gasteiger partial charge on any atom is 0.417 e. The topological polar surface area (TPSA) is 66.2 Å². The average molecular weight is 165 g/mol. The van der Waals surface area contributed by atoms with Gasteiger partial charge in [-0.2, -0.15) is 0 Å². The van der Waals surface area contributed by atoms with E-state index in [1.165, 1.54) is 6.07 Å². The molecule has 2 aromatic rings. The zero-order valence-corrected chi connectivity index (χ0v) is 6.42. The van der Waals surface area contributed by atoms with Gasteiger partial charge < -0.3 is 9.52 Å². The normalized spacial score (nSPS) is 10.8. The van der Waals surface area contributed by atoms with Crippen LogP contribution in [-0.2, 0) is 0 Å². The van der Waals surface area contributed by atoms with Crippen LogP contribution in [-0.4, -0.2) is 10.1 Å². The molecule has 4 nitrogen and oxygen atoms in total. The van der Waals surface area contributed by atoms with Crippen LogP contribution in [0.3, 0.4) is 0 Å². The van der Waals surface area contributed by atoms with Crippen molar-refractivity contribution in [2.24, 2.45) is 0 Å². The van der Waals surface area contributed by atoms with Gasteiger partial charge in [0.1, 0.15) is 5.75 Å². The Balaban J connectivity index is 2.97. The highest BCUT2D eigenvalue weighted by atomic mass is 16.4. The molecule has 1 aromatic heterocycles. The van der Waals surface area contributed by atoms with Gasteiger partial charge in [-0.3, -0.25) is 4.98 Å². The van der Waals surface area contributed by atoms with Gasteiger partial charge in [0.05, 0.1) is 5.52 Å². The molecule has 0 amide bonds. The molecular weight excluding hydrogens is 158 g/mol. The van der Waals surface area contributed by atoms with Crippen molar-refractivity contribution in [1.29, 1.82) is 0 Å². The number of phenols is 1. The van der Waals surface area contributed by atoms with Crippen molar-refractivity contribution in [3.8, 4) is 5.75 Å². The van der Waals surface area contributed by atoms with E-state index in [1.54, 1.807) is 13.0 Å². The fourth-order valence-electron chi connectivity index (χ4n) is 1.21. The molecule has 0 atom stereocenters. The lowest BCUT2D eigenvalue weighted by molar-refractivity contribution is 0.475. The maximum atomic E-state index is 10.7. The molecule has 0 fully saturated rings. The largest absolute Gasteiger partial charge is 0.508 e. The van der Waals surface area contributed by atoms with Crippen LogP contribution in [0.15, 0.2) is 21.3 Å². The third-order valence-corrected chi connectivity index (χ3v) is 1.69. The Kier molecular flexibility index (Phi) is 1.24. The van der Waals surface area contributed by atoms with Crippen molar-refractivity contribution < 1.29 is 9.52 Å². The number of aromatic amines is 1. The van der Waals surface area contributed by atoms with Gasteiger partial charge >= 0.3 is 5.76 Å². The summed E-state index contributed by atoms with van der Waals surface area (Å²) in [7, 11) is 0. The number of aromatic hydroxyl groups is 1. The molecule has 1 heterocycles. The van der Waals surface area contributed by atoms with Gasteiger partial charge in [-0.15, -0.1) is 0 Å². The number of aryl methyl sites for hydroxylation is 1. The Bertz CT molecular complexity index is 480. The van der Waals surface area contributed by atoms with E-state index < -0.39 is 5.76 Å². The third kappa shape index (κ3) is 0.887. The minimum atomic E-state index is -0.501. The number of benzene rings is 1. The van der Waals surface area contributed by atoms with Gasteiger partial charge in [0, 0.05) is 6.07 Å².